The van der Waals surface area contributed by atoms with E-state index in [1.807, 2.05) is 0 Å². The van der Waals surface area contributed by atoms with Crippen LogP contribution in [0.4, 0.5) is 5.69 Å². The van der Waals surface area contributed by atoms with Crippen LogP contribution in [0.15, 0.2) is 12.1 Å². The number of nitrogen functional groups attached to an aromatic ring is 1. The van der Waals surface area contributed by atoms with Gasteiger partial charge in [0, 0.05) is 5.69 Å². The summed E-state index contributed by atoms with van der Waals surface area (Å²) in [6, 6.07) is 4.48. The van der Waals surface area contributed by atoms with E-state index in [-0.39, 0.29) is 0 Å². The molecule has 18 heavy (non-hydrogen) atoms. The molecule has 0 amide bonds. The first-order chi connectivity index (χ1) is 8.70. The van der Waals surface area contributed by atoms with E-state index in [0.29, 0.717) is 0 Å². The van der Waals surface area contributed by atoms with Crippen molar-refractivity contribution < 1.29 is 0 Å². The van der Waals surface area contributed by atoms with Crippen molar-refractivity contribution in [1.29, 1.82) is 0 Å². The fourth-order valence-corrected chi connectivity index (χ4v) is 2.53. The third kappa shape index (κ3) is 4.36. The van der Waals surface area contributed by atoms with Crippen molar-refractivity contribution in [3.63, 3.8) is 0 Å². The summed E-state index contributed by atoms with van der Waals surface area (Å²) in [5.74, 6) is 0. The Hall–Kier alpha value is -0.980. The molecule has 0 atom stereocenters. The summed E-state index contributed by atoms with van der Waals surface area (Å²) in [7, 11) is 0. The van der Waals surface area contributed by atoms with Gasteiger partial charge in [0.05, 0.1) is 0 Å². The largest absolute Gasteiger partial charge is 0.398 e. The third-order valence-corrected chi connectivity index (χ3v) is 3.90. The Kier molecular flexibility index (Phi) is 6.85. The minimum Gasteiger partial charge on any atom is -0.398 e. The van der Waals surface area contributed by atoms with Crippen LogP contribution >= 0.6 is 0 Å². The second-order valence-corrected chi connectivity index (χ2v) is 5.29. The van der Waals surface area contributed by atoms with Crippen LogP contribution in [0.2, 0.25) is 0 Å². The van der Waals surface area contributed by atoms with Gasteiger partial charge in [-0.15, -0.1) is 0 Å². The molecular weight excluding hydrogens is 218 g/mol. The summed E-state index contributed by atoms with van der Waals surface area (Å²) < 4.78 is 0. The summed E-state index contributed by atoms with van der Waals surface area (Å²) in [5.41, 5.74) is 11.3. The first kappa shape index (κ1) is 15.1. The Morgan fingerprint density at radius 3 is 2.17 bits per heavy atom. The van der Waals surface area contributed by atoms with Crippen LogP contribution in [0.1, 0.15) is 69.1 Å². The summed E-state index contributed by atoms with van der Waals surface area (Å²) in [5, 5.41) is 0. The molecule has 0 aromatic heterocycles. The molecule has 1 nitrogen and oxygen atoms in total. The predicted octanol–water partition coefficient (Wildman–Crippen LogP) is 5.04. The van der Waals surface area contributed by atoms with Crippen molar-refractivity contribution in [1.82, 2.24) is 0 Å². The lowest BCUT2D eigenvalue weighted by Crippen LogP contribution is -2.00. The van der Waals surface area contributed by atoms with E-state index in [9.17, 15) is 0 Å². The fraction of sp³-hybridized carbons (Fsp3) is 0.647. The van der Waals surface area contributed by atoms with Crippen molar-refractivity contribution in [2.24, 2.45) is 0 Å². The topological polar surface area (TPSA) is 26.0 Å². The lowest BCUT2D eigenvalue weighted by Gasteiger charge is -2.12. The van der Waals surface area contributed by atoms with E-state index in [1.165, 1.54) is 55.2 Å². The number of benzene rings is 1. The lowest BCUT2D eigenvalue weighted by molar-refractivity contribution is 0.608. The number of hydrogen-bond acceptors (Lipinski definition) is 1. The van der Waals surface area contributed by atoms with Crippen LogP contribution in [0.3, 0.4) is 0 Å². The van der Waals surface area contributed by atoms with Crippen molar-refractivity contribution in [3.8, 4) is 0 Å². The minimum absolute atomic E-state index is 1.03. The van der Waals surface area contributed by atoms with Gasteiger partial charge in [0.25, 0.3) is 0 Å². The first-order valence-corrected chi connectivity index (χ1v) is 7.57. The van der Waals surface area contributed by atoms with Crippen LogP contribution in [0.5, 0.6) is 0 Å². The van der Waals surface area contributed by atoms with Crippen molar-refractivity contribution in [2.45, 2.75) is 72.1 Å². The minimum atomic E-state index is 1.03. The van der Waals surface area contributed by atoms with E-state index < -0.39 is 0 Å². The SMILES string of the molecule is CCCCCCCCc1ccc(CC)c(C)c1N. The second kappa shape index (κ2) is 8.18. The zero-order valence-corrected chi connectivity index (χ0v) is 12.4. The zero-order valence-electron chi connectivity index (χ0n) is 12.4. The second-order valence-electron chi connectivity index (χ2n) is 5.29. The van der Waals surface area contributed by atoms with Crippen molar-refractivity contribution >= 4 is 5.69 Å². The molecule has 2 N–H and O–H groups in total. The molecule has 0 aliphatic heterocycles. The molecule has 0 fully saturated rings. The zero-order chi connectivity index (χ0) is 13.4. The van der Waals surface area contributed by atoms with E-state index in [4.69, 9.17) is 5.73 Å². The maximum atomic E-state index is 6.22. The molecule has 0 bridgehead atoms. The number of rotatable bonds is 8. The van der Waals surface area contributed by atoms with Gasteiger partial charge in [-0.2, -0.15) is 0 Å². The van der Waals surface area contributed by atoms with Gasteiger partial charge in [-0.1, -0.05) is 58.1 Å². The number of nitrogens with two attached hydrogens (primary N) is 1. The van der Waals surface area contributed by atoms with Crippen LogP contribution in [-0.2, 0) is 12.8 Å². The van der Waals surface area contributed by atoms with Gasteiger partial charge in [-0.05, 0) is 42.9 Å². The quantitative estimate of drug-likeness (QED) is 0.505. The molecule has 0 aliphatic carbocycles. The number of unbranched alkanes of at least 4 members (excludes halogenated alkanes) is 5. The molecular formula is C17H29N. The van der Waals surface area contributed by atoms with E-state index in [0.717, 1.165) is 18.5 Å². The molecule has 0 unspecified atom stereocenters. The van der Waals surface area contributed by atoms with E-state index >= 15 is 0 Å². The molecule has 1 aromatic rings. The Bertz CT molecular complexity index is 355. The Morgan fingerprint density at radius 1 is 0.889 bits per heavy atom. The molecule has 0 radical (unpaired) electrons. The fourth-order valence-electron chi connectivity index (χ4n) is 2.53. The highest BCUT2D eigenvalue weighted by Crippen LogP contribution is 2.23. The average molecular weight is 247 g/mol. The van der Waals surface area contributed by atoms with Crippen LogP contribution in [0.25, 0.3) is 0 Å². The normalized spacial score (nSPS) is 10.8. The molecule has 0 saturated carbocycles. The highest BCUT2D eigenvalue weighted by Gasteiger charge is 2.05. The smallest absolute Gasteiger partial charge is 0.0379 e. The summed E-state index contributed by atoms with van der Waals surface area (Å²) in [6.45, 7) is 6.60. The van der Waals surface area contributed by atoms with Gasteiger partial charge in [0.2, 0.25) is 0 Å². The third-order valence-electron chi connectivity index (χ3n) is 3.90. The molecule has 1 rings (SSSR count). The molecule has 0 saturated heterocycles. The lowest BCUT2D eigenvalue weighted by atomic mass is 9.97. The molecule has 0 heterocycles. The summed E-state index contributed by atoms with van der Waals surface area (Å²) in [4.78, 5) is 0. The Balaban J connectivity index is 2.41. The molecule has 0 aliphatic rings. The Morgan fingerprint density at radius 2 is 1.50 bits per heavy atom. The van der Waals surface area contributed by atoms with Crippen LogP contribution in [-0.4, -0.2) is 0 Å². The highest BCUT2D eigenvalue weighted by atomic mass is 14.6. The van der Waals surface area contributed by atoms with Gasteiger partial charge in [0.1, 0.15) is 0 Å². The maximum Gasteiger partial charge on any atom is 0.0379 e. The predicted molar refractivity (Wildman–Crippen MR) is 82.0 cm³/mol. The van der Waals surface area contributed by atoms with E-state index in [1.54, 1.807) is 0 Å². The van der Waals surface area contributed by atoms with Crippen LogP contribution < -0.4 is 5.73 Å². The number of aryl methyl sites for hydroxylation is 2. The summed E-state index contributed by atoms with van der Waals surface area (Å²) in [6.07, 6.45) is 10.3. The van der Waals surface area contributed by atoms with Crippen LogP contribution in [0, 0.1) is 6.92 Å². The Labute approximate surface area is 113 Å². The van der Waals surface area contributed by atoms with Gasteiger partial charge < -0.3 is 5.73 Å². The molecule has 0 spiro atoms. The van der Waals surface area contributed by atoms with Crippen molar-refractivity contribution in [2.75, 3.05) is 5.73 Å². The first-order valence-electron chi connectivity index (χ1n) is 7.57. The molecule has 1 aromatic carbocycles. The van der Waals surface area contributed by atoms with Gasteiger partial charge in [-0.3, -0.25) is 0 Å². The summed E-state index contributed by atoms with van der Waals surface area (Å²) >= 11 is 0. The molecule has 1 heteroatoms. The molecule has 102 valence electrons. The highest BCUT2D eigenvalue weighted by molar-refractivity contribution is 5.56. The maximum absolute atomic E-state index is 6.22. The van der Waals surface area contributed by atoms with Gasteiger partial charge in [-0.25, -0.2) is 0 Å². The van der Waals surface area contributed by atoms with Gasteiger partial charge >= 0.3 is 0 Å². The van der Waals surface area contributed by atoms with E-state index in [2.05, 4.69) is 32.9 Å². The van der Waals surface area contributed by atoms with Crippen molar-refractivity contribution in [3.05, 3.63) is 28.8 Å². The number of hydrogen-bond donors (Lipinski definition) is 1. The monoisotopic (exact) mass is 247 g/mol. The standard InChI is InChI=1S/C17H29N/c1-4-6-7-8-9-10-11-16-13-12-15(5-2)14(3)17(16)18/h12-13H,4-11,18H2,1-3H3. The number of anilines is 1. The average Bonchev–Trinajstić information content (AvgIpc) is 2.38. The van der Waals surface area contributed by atoms with Gasteiger partial charge in [0.15, 0.2) is 0 Å².